The topological polar surface area (TPSA) is 37.8 Å². The van der Waals surface area contributed by atoms with Crippen molar-refractivity contribution >= 4 is 33.9 Å². The molecule has 0 bridgehead atoms. The van der Waals surface area contributed by atoms with Crippen LogP contribution in [0.3, 0.4) is 0 Å². The van der Waals surface area contributed by atoms with Gasteiger partial charge in [-0.15, -0.1) is 10.2 Å². The first-order valence-corrected chi connectivity index (χ1v) is 6.95. The molecule has 1 aromatic heterocycles. The second-order valence-electron chi connectivity index (χ2n) is 3.52. The Balaban J connectivity index is 2.20. The summed E-state index contributed by atoms with van der Waals surface area (Å²) < 4.78 is 0.979. The first-order valence-electron chi connectivity index (χ1n) is 4.91. The molecule has 1 aromatic carbocycles. The van der Waals surface area contributed by atoms with E-state index in [0.717, 1.165) is 15.2 Å². The molecule has 0 aliphatic rings. The van der Waals surface area contributed by atoms with Crippen molar-refractivity contribution < 1.29 is 0 Å². The fourth-order valence-electron chi connectivity index (χ4n) is 1.41. The van der Waals surface area contributed by atoms with Gasteiger partial charge in [0.05, 0.1) is 0 Å². The quantitative estimate of drug-likeness (QED) is 0.845. The molecule has 1 heterocycles. The average molecular weight is 251 g/mol. The molecule has 2 rings (SSSR count). The van der Waals surface area contributed by atoms with E-state index < -0.39 is 0 Å². The Morgan fingerprint density at radius 3 is 2.69 bits per heavy atom. The zero-order valence-corrected chi connectivity index (χ0v) is 11.1. The van der Waals surface area contributed by atoms with Gasteiger partial charge < -0.3 is 5.32 Å². The highest BCUT2D eigenvalue weighted by Crippen LogP contribution is 2.27. The summed E-state index contributed by atoms with van der Waals surface area (Å²) in [6.45, 7) is 4.18. The van der Waals surface area contributed by atoms with Gasteiger partial charge in [0.15, 0.2) is 4.34 Å². The predicted octanol–water partition coefficient (Wildman–Crippen LogP) is 3.62. The highest BCUT2D eigenvalue weighted by molar-refractivity contribution is 8.00. The van der Waals surface area contributed by atoms with Crippen LogP contribution >= 0.6 is 23.1 Å². The van der Waals surface area contributed by atoms with Gasteiger partial charge in [-0.25, -0.2) is 0 Å². The summed E-state index contributed by atoms with van der Waals surface area (Å²) in [5.74, 6) is 0. The van der Waals surface area contributed by atoms with Gasteiger partial charge in [-0.1, -0.05) is 40.8 Å². The standard InChI is InChI=1S/C11H13N3S2/c1-7-4-5-9(8(2)6-7)12-10-13-14-11(15-3)16-10/h4-6H,1-3H3,(H,12,13). The Kier molecular flexibility index (Phi) is 3.46. The first-order chi connectivity index (χ1) is 7.69. The molecule has 0 radical (unpaired) electrons. The van der Waals surface area contributed by atoms with E-state index in [1.54, 1.807) is 23.1 Å². The lowest BCUT2D eigenvalue weighted by atomic mass is 10.1. The van der Waals surface area contributed by atoms with Crippen molar-refractivity contribution in [2.24, 2.45) is 0 Å². The van der Waals surface area contributed by atoms with E-state index in [1.807, 2.05) is 6.26 Å². The largest absolute Gasteiger partial charge is 0.330 e. The van der Waals surface area contributed by atoms with E-state index in [0.29, 0.717) is 0 Å². The maximum absolute atomic E-state index is 4.08. The number of aromatic nitrogens is 2. The van der Waals surface area contributed by atoms with E-state index in [9.17, 15) is 0 Å². The number of aryl methyl sites for hydroxylation is 2. The molecule has 0 spiro atoms. The van der Waals surface area contributed by atoms with Crippen molar-refractivity contribution in [3.63, 3.8) is 0 Å². The van der Waals surface area contributed by atoms with E-state index >= 15 is 0 Å². The van der Waals surface area contributed by atoms with Gasteiger partial charge in [-0.3, -0.25) is 0 Å². The highest BCUT2D eigenvalue weighted by atomic mass is 32.2. The Hall–Kier alpha value is -1.07. The van der Waals surface area contributed by atoms with Crippen molar-refractivity contribution in [1.82, 2.24) is 10.2 Å². The summed E-state index contributed by atoms with van der Waals surface area (Å²) in [5.41, 5.74) is 3.58. The summed E-state index contributed by atoms with van der Waals surface area (Å²) in [4.78, 5) is 0. The van der Waals surface area contributed by atoms with Crippen molar-refractivity contribution in [2.45, 2.75) is 18.2 Å². The maximum Gasteiger partial charge on any atom is 0.210 e. The summed E-state index contributed by atoms with van der Waals surface area (Å²) in [6, 6.07) is 6.32. The highest BCUT2D eigenvalue weighted by Gasteiger charge is 2.04. The molecule has 0 aliphatic carbocycles. The molecule has 0 saturated carbocycles. The smallest absolute Gasteiger partial charge is 0.210 e. The molecule has 0 aliphatic heterocycles. The molecule has 0 fully saturated rings. The van der Waals surface area contributed by atoms with Crippen molar-refractivity contribution in [3.8, 4) is 0 Å². The molecule has 2 aromatic rings. The van der Waals surface area contributed by atoms with Gasteiger partial charge >= 0.3 is 0 Å². The lowest BCUT2D eigenvalue weighted by molar-refractivity contribution is 1.02. The number of thioether (sulfide) groups is 1. The maximum atomic E-state index is 4.08. The summed E-state index contributed by atoms with van der Waals surface area (Å²) in [6.07, 6.45) is 2.00. The van der Waals surface area contributed by atoms with Gasteiger partial charge in [-0.05, 0) is 31.7 Å². The normalized spacial score (nSPS) is 10.4. The molecule has 16 heavy (non-hydrogen) atoms. The summed E-state index contributed by atoms with van der Waals surface area (Å²) in [7, 11) is 0. The van der Waals surface area contributed by atoms with Gasteiger partial charge in [0.2, 0.25) is 5.13 Å². The number of anilines is 2. The number of benzene rings is 1. The van der Waals surface area contributed by atoms with Crippen LogP contribution in [0.2, 0.25) is 0 Å². The lowest BCUT2D eigenvalue weighted by Crippen LogP contribution is -1.92. The van der Waals surface area contributed by atoms with Crippen LogP contribution in [0.15, 0.2) is 22.5 Å². The number of nitrogens with zero attached hydrogens (tertiary/aromatic N) is 2. The molecule has 0 unspecified atom stereocenters. The van der Waals surface area contributed by atoms with Crippen LogP contribution < -0.4 is 5.32 Å². The second-order valence-corrected chi connectivity index (χ2v) is 5.55. The molecule has 0 atom stereocenters. The van der Waals surface area contributed by atoms with E-state index in [4.69, 9.17) is 0 Å². The van der Waals surface area contributed by atoms with Crippen LogP contribution in [0.5, 0.6) is 0 Å². The van der Waals surface area contributed by atoms with Crippen molar-refractivity contribution in [1.29, 1.82) is 0 Å². The van der Waals surface area contributed by atoms with Crippen LogP contribution in [-0.4, -0.2) is 16.5 Å². The molecule has 3 nitrogen and oxygen atoms in total. The average Bonchev–Trinajstić information content (AvgIpc) is 2.70. The van der Waals surface area contributed by atoms with Gasteiger partial charge in [0, 0.05) is 5.69 Å². The molecule has 0 saturated heterocycles. The van der Waals surface area contributed by atoms with Crippen LogP contribution in [0.25, 0.3) is 0 Å². The zero-order valence-electron chi connectivity index (χ0n) is 9.44. The lowest BCUT2D eigenvalue weighted by Gasteiger charge is -2.06. The minimum atomic E-state index is 0.844. The molecule has 84 valence electrons. The monoisotopic (exact) mass is 251 g/mol. The minimum Gasteiger partial charge on any atom is -0.330 e. The predicted molar refractivity (Wildman–Crippen MR) is 70.9 cm³/mol. The third kappa shape index (κ3) is 2.54. The Labute approximate surface area is 103 Å². The molecule has 5 heteroatoms. The summed E-state index contributed by atoms with van der Waals surface area (Å²) >= 11 is 3.18. The van der Waals surface area contributed by atoms with Gasteiger partial charge in [0.25, 0.3) is 0 Å². The van der Waals surface area contributed by atoms with E-state index in [1.165, 1.54) is 11.1 Å². The van der Waals surface area contributed by atoms with Crippen LogP contribution in [-0.2, 0) is 0 Å². The molecule has 1 N–H and O–H groups in total. The Morgan fingerprint density at radius 2 is 2.06 bits per heavy atom. The van der Waals surface area contributed by atoms with Gasteiger partial charge in [0.1, 0.15) is 0 Å². The van der Waals surface area contributed by atoms with Crippen molar-refractivity contribution in [3.05, 3.63) is 29.3 Å². The van der Waals surface area contributed by atoms with Crippen LogP contribution in [0.1, 0.15) is 11.1 Å². The Bertz CT molecular complexity index is 494. The zero-order chi connectivity index (χ0) is 11.5. The minimum absolute atomic E-state index is 0.844. The molecular formula is C11H13N3S2. The first kappa shape index (κ1) is 11.4. The number of hydrogen-bond donors (Lipinski definition) is 1. The van der Waals surface area contributed by atoms with E-state index in [-0.39, 0.29) is 0 Å². The van der Waals surface area contributed by atoms with Crippen LogP contribution in [0.4, 0.5) is 10.8 Å². The fourth-order valence-corrected chi connectivity index (χ4v) is 2.59. The summed E-state index contributed by atoms with van der Waals surface area (Å²) in [5, 5.41) is 12.3. The number of hydrogen-bond acceptors (Lipinski definition) is 5. The second kappa shape index (κ2) is 4.84. The molecule has 0 amide bonds. The van der Waals surface area contributed by atoms with Gasteiger partial charge in [-0.2, -0.15) is 0 Å². The van der Waals surface area contributed by atoms with Crippen LogP contribution in [0, 0.1) is 13.8 Å². The number of nitrogens with one attached hydrogen (secondary N) is 1. The number of rotatable bonds is 3. The third-order valence-corrected chi connectivity index (χ3v) is 4.02. The van der Waals surface area contributed by atoms with Crippen molar-refractivity contribution in [2.75, 3.05) is 11.6 Å². The fraction of sp³-hybridized carbons (Fsp3) is 0.273. The third-order valence-electron chi connectivity index (χ3n) is 2.20. The SMILES string of the molecule is CSc1nnc(Nc2ccc(C)cc2C)s1. The molecular weight excluding hydrogens is 238 g/mol. The Morgan fingerprint density at radius 1 is 1.25 bits per heavy atom. The van der Waals surface area contributed by atoms with E-state index in [2.05, 4.69) is 47.6 Å².